The van der Waals surface area contributed by atoms with E-state index in [2.05, 4.69) is 5.32 Å². The molecule has 0 saturated heterocycles. The smallest absolute Gasteiger partial charge is 0.323 e. The minimum absolute atomic E-state index is 0.114. The van der Waals surface area contributed by atoms with E-state index in [1.54, 1.807) is 0 Å². The van der Waals surface area contributed by atoms with Crippen LogP contribution in [0.1, 0.15) is 26.7 Å². The van der Waals surface area contributed by atoms with Crippen molar-refractivity contribution < 1.29 is 14.7 Å². The number of carbonyl (C=O) groups is 2. The largest absolute Gasteiger partial charge is 0.480 e. The monoisotopic (exact) mass is 226 g/mol. The molecular formula is C11H18N2O3. The third-order valence-electron chi connectivity index (χ3n) is 2.32. The van der Waals surface area contributed by atoms with Crippen molar-refractivity contribution in [1.29, 1.82) is 0 Å². The second-order valence-corrected chi connectivity index (χ2v) is 4.22. The van der Waals surface area contributed by atoms with Gasteiger partial charge >= 0.3 is 12.0 Å². The Labute approximate surface area is 95.1 Å². The zero-order valence-electron chi connectivity index (χ0n) is 9.69. The van der Waals surface area contributed by atoms with E-state index in [1.165, 1.54) is 4.90 Å². The van der Waals surface area contributed by atoms with Crippen molar-refractivity contribution in [2.75, 3.05) is 13.1 Å². The highest BCUT2D eigenvalue weighted by atomic mass is 16.4. The second kappa shape index (κ2) is 5.53. The fourth-order valence-corrected chi connectivity index (χ4v) is 1.34. The third kappa shape index (κ3) is 4.33. The Kier molecular flexibility index (Phi) is 4.34. The number of rotatable bonds is 5. The number of nitrogens with one attached hydrogen (secondary N) is 1. The first-order chi connectivity index (χ1) is 7.50. The van der Waals surface area contributed by atoms with Crippen LogP contribution >= 0.6 is 0 Å². The summed E-state index contributed by atoms with van der Waals surface area (Å²) in [4.78, 5) is 23.6. The Hall–Kier alpha value is -1.52. The number of aliphatic carboxylic acids is 1. The van der Waals surface area contributed by atoms with Crippen LogP contribution in [0.4, 0.5) is 4.79 Å². The maximum absolute atomic E-state index is 11.7. The third-order valence-corrected chi connectivity index (χ3v) is 2.32. The van der Waals surface area contributed by atoms with Crippen LogP contribution in [-0.2, 0) is 4.79 Å². The zero-order chi connectivity index (χ0) is 12.1. The van der Waals surface area contributed by atoms with Crippen molar-refractivity contribution in [3.63, 3.8) is 0 Å². The van der Waals surface area contributed by atoms with E-state index in [9.17, 15) is 9.59 Å². The van der Waals surface area contributed by atoms with Crippen LogP contribution in [0, 0.1) is 0 Å². The van der Waals surface area contributed by atoms with Gasteiger partial charge in [-0.1, -0.05) is 11.6 Å². The normalized spacial score (nSPS) is 14.1. The maximum atomic E-state index is 11.7. The molecule has 0 aromatic carbocycles. The molecule has 90 valence electrons. The number of amides is 2. The summed E-state index contributed by atoms with van der Waals surface area (Å²) in [5, 5.41) is 11.4. The topological polar surface area (TPSA) is 69.6 Å². The van der Waals surface area contributed by atoms with Gasteiger partial charge in [-0.05, 0) is 26.7 Å². The Morgan fingerprint density at radius 1 is 1.44 bits per heavy atom. The number of urea groups is 1. The number of carboxylic acids is 1. The molecule has 1 fully saturated rings. The molecule has 5 heteroatoms. The van der Waals surface area contributed by atoms with E-state index in [1.807, 2.05) is 19.9 Å². The zero-order valence-corrected chi connectivity index (χ0v) is 9.69. The van der Waals surface area contributed by atoms with E-state index in [4.69, 9.17) is 5.11 Å². The van der Waals surface area contributed by atoms with Gasteiger partial charge in [0.2, 0.25) is 0 Å². The van der Waals surface area contributed by atoms with Gasteiger partial charge in [0.15, 0.2) is 0 Å². The lowest BCUT2D eigenvalue weighted by atomic mass is 10.3. The lowest BCUT2D eigenvalue weighted by molar-refractivity contribution is -0.137. The van der Waals surface area contributed by atoms with Crippen molar-refractivity contribution in [2.24, 2.45) is 0 Å². The lowest BCUT2D eigenvalue weighted by Gasteiger charge is -2.20. The second-order valence-electron chi connectivity index (χ2n) is 4.22. The van der Waals surface area contributed by atoms with Crippen molar-refractivity contribution in [3.05, 3.63) is 11.6 Å². The number of nitrogens with zero attached hydrogens (tertiary/aromatic N) is 1. The van der Waals surface area contributed by atoms with Crippen LogP contribution in [0.15, 0.2) is 11.6 Å². The molecule has 0 aromatic rings. The van der Waals surface area contributed by atoms with Gasteiger partial charge in [-0.3, -0.25) is 4.79 Å². The quantitative estimate of drug-likeness (QED) is 0.692. The van der Waals surface area contributed by atoms with Gasteiger partial charge in [-0.2, -0.15) is 0 Å². The predicted octanol–water partition coefficient (Wildman–Crippen LogP) is 1.21. The first-order valence-electron chi connectivity index (χ1n) is 5.40. The lowest BCUT2D eigenvalue weighted by Crippen LogP contribution is -2.44. The predicted molar refractivity (Wildman–Crippen MR) is 60.2 cm³/mol. The number of carboxylic acid groups (broad SMARTS) is 1. The fraction of sp³-hybridized carbons (Fsp3) is 0.636. The molecule has 1 rings (SSSR count). The molecule has 1 aliphatic carbocycles. The summed E-state index contributed by atoms with van der Waals surface area (Å²) in [7, 11) is 0. The SMILES string of the molecule is CC(C)=CCNC(=O)N(CC(=O)O)C1CC1. The molecule has 0 aromatic heterocycles. The summed E-state index contributed by atoms with van der Waals surface area (Å²) in [6, 6.07) is -0.176. The standard InChI is InChI=1S/C11H18N2O3/c1-8(2)5-6-12-11(16)13(7-10(14)15)9-3-4-9/h5,9H,3-4,6-7H2,1-2H3,(H,12,16)(H,14,15). The number of hydrogen-bond acceptors (Lipinski definition) is 2. The number of hydrogen-bond donors (Lipinski definition) is 2. The van der Waals surface area contributed by atoms with Gasteiger partial charge in [0.25, 0.3) is 0 Å². The molecule has 2 amide bonds. The van der Waals surface area contributed by atoms with Crippen LogP contribution in [-0.4, -0.2) is 41.1 Å². The van der Waals surface area contributed by atoms with E-state index in [0.717, 1.165) is 18.4 Å². The van der Waals surface area contributed by atoms with Gasteiger partial charge in [0.05, 0.1) is 0 Å². The first-order valence-corrected chi connectivity index (χ1v) is 5.40. The molecule has 0 spiro atoms. The number of allylic oxidation sites excluding steroid dienone is 1. The molecule has 0 heterocycles. The summed E-state index contributed by atoms with van der Waals surface area (Å²) in [6.45, 7) is 4.12. The Morgan fingerprint density at radius 2 is 2.06 bits per heavy atom. The summed E-state index contributed by atoms with van der Waals surface area (Å²) in [5.41, 5.74) is 1.12. The molecular weight excluding hydrogens is 208 g/mol. The molecule has 2 N–H and O–H groups in total. The highest BCUT2D eigenvalue weighted by molar-refractivity contribution is 5.80. The van der Waals surface area contributed by atoms with Crippen LogP contribution in [0.25, 0.3) is 0 Å². The summed E-state index contributed by atoms with van der Waals surface area (Å²) < 4.78 is 0. The molecule has 1 aliphatic rings. The summed E-state index contributed by atoms with van der Waals surface area (Å²) >= 11 is 0. The van der Waals surface area contributed by atoms with Gasteiger partial charge in [0.1, 0.15) is 6.54 Å². The van der Waals surface area contributed by atoms with Gasteiger partial charge in [-0.25, -0.2) is 4.79 Å². The molecule has 1 saturated carbocycles. The van der Waals surface area contributed by atoms with Crippen LogP contribution in [0.5, 0.6) is 0 Å². The molecule has 0 bridgehead atoms. The highest BCUT2D eigenvalue weighted by Crippen LogP contribution is 2.26. The molecule has 0 atom stereocenters. The molecule has 0 aliphatic heterocycles. The summed E-state index contributed by atoms with van der Waals surface area (Å²) in [5.74, 6) is -0.968. The molecule has 0 radical (unpaired) electrons. The molecule has 5 nitrogen and oxygen atoms in total. The summed E-state index contributed by atoms with van der Waals surface area (Å²) in [6.07, 6.45) is 3.70. The Bertz CT molecular complexity index is 304. The highest BCUT2D eigenvalue weighted by Gasteiger charge is 2.33. The van der Waals surface area contributed by atoms with Crippen LogP contribution in [0.3, 0.4) is 0 Å². The fourth-order valence-electron chi connectivity index (χ4n) is 1.34. The average molecular weight is 226 g/mol. The molecule has 16 heavy (non-hydrogen) atoms. The minimum atomic E-state index is -0.968. The Balaban J connectivity index is 2.41. The maximum Gasteiger partial charge on any atom is 0.323 e. The van der Waals surface area contributed by atoms with Crippen LogP contribution < -0.4 is 5.32 Å². The number of carbonyl (C=O) groups excluding carboxylic acids is 1. The van der Waals surface area contributed by atoms with E-state index in [0.29, 0.717) is 6.54 Å². The Morgan fingerprint density at radius 3 is 2.50 bits per heavy atom. The van der Waals surface area contributed by atoms with Crippen molar-refractivity contribution >= 4 is 12.0 Å². The first kappa shape index (κ1) is 12.5. The van der Waals surface area contributed by atoms with Gasteiger partial charge in [-0.15, -0.1) is 0 Å². The van der Waals surface area contributed by atoms with E-state index in [-0.39, 0.29) is 18.6 Å². The van der Waals surface area contributed by atoms with Crippen molar-refractivity contribution in [1.82, 2.24) is 10.2 Å². The average Bonchev–Trinajstić information content (AvgIpc) is 2.96. The molecule has 0 unspecified atom stereocenters. The van der Waals surface area contributed by atoms with Gasteiger partial charge < -0.3 is 15.3 Å². The van der Waals surface area contributed by atoms with Crippen molar-refractivity contribution in [2.45, 2.75) is 32.7 Å². The van der Waals surface area contributed by atoms with E-state index >= 15 is 0 Å². The van der Waals surface area contributed by atoms with Crippen LogP contribution in [0.2, 0.25) is 0 Å². The van der Waals surface area contributed by atoms with Crippen molar-refractivity contribution in [3.8, 4) is 0 Å². The van der Waals surface area contributed by atoms with Gasteiger partial charge in [0, 0.05) is 12.6 Å². The minimum Gasteiger partial charge on any atom is -0.480 e. The van der Waals surface area contributed by atoms with E-state index < -0.39 is 5.97 Å².